The van der Waals surface area contributed by atoms with Crippen molar-refractivity contribution < 1.29 is 22.0 Å². The number of hydrogen-bond acceptors (Lipinski definition) is 1. The molecule has 0 aromatic rings. The van der Waals surface area contributed by atoms with Crippen LogP contribution in [0.25, 0.3) is 0 Å². The van der Waals surface area contributed by atoms with Crippen LogP contribution in [0.5, 0.6) is 0 Å². The molecule has 1 saturated heterocycles. The first-order chi connectivity index (χ1) is 4.83. The molecule has 0 spiro atoms. The van der Waals surface area contributed by atoms with Gasteiger partial charge in [-0.3, -0.25) is 0 Å². The summed E-state index contributed by atoms with van der Waals surface area (Å²) in [6.07, 6.45) is 2.98. The van der Waals surface area contributed by atoms with E-state index in [1.165, 1.54) is 12.8 Å². The Labute approximate surface area is 77.0 Å². The minimum absolute atomic E-state index is 0.308. The van der Waals surface area contributed by atoms with E-state index in [2.05, 4.69) is 4.93 Å². The maximum atomic E-state index is 5.18. The molecule has 0 aromatic carbocycles. The van der Waals surface area contributed by atoms with Crippen LogP contribution in [0.4, 0.5) is 0 Å². The predicted octanol–water partition coefficient (Wildman–Crippen LogP) is -1.06. The number of rotatable bonds is 2. The average Bonchev–Trinajstić information content (AvgIpc) is 1.88. The molecule has 10 heavy (non-hydrogen) atoms. The number of ether oxygens (including phenoxy) is 1. The SMILES string of the molecule is COCC1CCCI(C)[I-]1. The van der Waals surface area contributed by atoms with E-state index in [0.717, 1.165) is 10.5 Å². The van der Waals surface area contributed by atoms with Gasteiger partial charge in [-0.05, 0) is 0 Å². The molecule has 0 aromatic heterocycles. The number of halogens is 2. The molecule has 3 heteroatoms. The summed E-state index contributed by atoms with van der Waals surface area (Å²) in [5.41, 5.74) is 0. The number of methoxy groups -OCH3 is 1. The van der Waals surface area contributed by atoms with Gasteiger partial charge in [0.05, 0.1) is 0 Å². The van der Waals surface area contributed by atoms with Gasteiger partial charge in [-0.25, -0.2) is 0 Å². The standard InChI is InChI=1S/C7H15I2O/c1-9-5-3-4-7(8-9)6-10-2/h7H,3-6H2,1-2H3/q-1. The molecule has 1 nitrogen and oxygen atoms in total. The molecule has 0 amide bonds. The first-order valence-corrected chi connectivity index (χ1v) is 14.7. The van der Waals surface area contributed by atoms with Crippen molar-refractivity contribution in [3.05, 3.63) is 0 Å². The van der Waals surface area contributed by atoms with E-state index in [-0.39, 0.29) is 15.8 Å². The first kappa shape index (κ1) is 9.51. The van der Waals surface area contributed by atoms with E-state index < -0.39 is 0 Å². The van der Waals surface area contributed by atoms with Gasteiger partial charge in [0.15, 0.2) is 0 Å². The van der Waals surface area contributed by atoms with Gasteiger partial charge in [-0.1, -0.05) is 0 Å². The van der Waals surface area contributed by atoms with Gasteiger partial charge in [0.2, 0.25) is 0 Å². The van der Waals surface area contributed by atoms with Gasteiger partial charge < -0.3 is 0 Å². The molecule has 1 unspecified atom stereocenters. The van der Waals surface area contributed by atoms with Crippen LogP contribution < -0.4 is 17.2 Å². The summed E-state index contributed by atoms with van der Waals surface area (Å²) in [6, 6.07) is 0. The van der Waals surface area contributed by atoms with Crippen molar-refractivity contribution in [3.8, 4) is 0 Å². The fourth-order valence-electron chi connectivity index (χ4n) is 1.05. The zero-order valence-corrected chi connectivity index (χ0v) is 10.9. The van der Waals surface area contributed by atoms with Gasteiger partial charge in [-0.2, -0.15) is 0 Å². The van der Waals surface area contributed by atoms with Crippen LogP contribution in [0, 0.1) is 0 Å². The Bertz CT molecular complexity index is 95.6. The molecule has 1 fully saturated rings. The van der Waals surface area contributed by atoms with Crippen LogP contribution in [-0.2, 0) is 4.74 Å². The molecule has 0 radical (unpaired) electrons. The molecule has 1 aliphatic heterocycles. The summed E-state index contributed by atoms with van der Waals surface area (Å²) in [6.45, 7) is 1.06. The van der Waals surface area contributed by atoms with Crippen molar-refractivity contribution in [2.24, 2.45) is 0 Å². The zero-order chi connectivity index (χ0) is 7.40. The van der Waals surface area contributed by atoms with E-state index in [1.807, 2.05) is 7.11 Å². The summed E-state index contributed by atoms with van der Waals surface area (Å²) in [5.74, 6) is 0. The summed E-state index contributed by atoms with van der Waals surface area (Å²) in [4.78, 5) is 2.55. The average molecular weight is 369 g/mol. The normalized spacial score (nSPS) is 31.4. The third-order valence-electron chi connectivity index (χ3n) is 1.52. The van der Waals surface area contributed by atoms with Crippen molar-refractivity contribution in [1.82, 2.24) is 0 Å². The Morgan fingerprint density at radius 3 is 3.10 bits per heavy atom. The van der Waals surface area contributed by atoms with E-state index in [4.69, 9.17) is 4.74 Å². The van der Waals surface area contributed by atoms with E-state index in [0.29, 0.717) is 17.2 Å². The Morgan fingerprint density at radius 1 is 1.70 bits per heavy atom. The Hall–Kier alpha value is 1.42. The van der Waals surface area contributed by atoms with Crippen LogP contribution in [0.15, 0.2) is 0 Å². The summed E-state index contributed by atoms with van der Waals surface area (Å²) in [5, 5.41) is 0. The van der Waals surface area contributed by atoms with E-state index >= 15 is 0 Å². The summed E-state index contributed by atoms with van der Waals surface area (Å²) < 4.78 is 7.85. The summed E-state index contributed by atoms with van der Waals surface area (Å²) >= 11 is 0.303. The summed E-state index contributed by atoms with van der Waals surface area (Å²) in [7, 11) is 1.84. The van der Waals surface area contributed by atoms with Crippen molar-refractivity contribution >= 4 is 15.8 Å². The second-order valence-electron chi connectivity index (χ2n) is 2.48. The molecule has 64 valence electrons. The molecular formula is C7H15I2O-. The molecule has 1 rings (SSSR count). The molecule has 0 bridgehead atoms. The minimum atomic E-state index is -0.308. The second-order valence-corrected chi connectivity index (χ2v) is 21.2. The fraction of sp³-hybridized carbons (Fsp3) is 1.00. The van der Waals surface area contributed by atoms with E-state index in [1.54, 1.807) is 4.43 Å². The molecule has 0 N–H and O–H groups in total. The fourth-order valence-corrected chi connectivity index (χ4v) is 18.7. The Balaban J connectivity index is 2.18. The molecule has 1 heterocycles. The topological polar surface area (TPSA) is 9.23 Å². The van der Waals surface area contributed by atoms with Crippen LogP contribution in [-0.4, -0.2) is 27.0 Å². The molecule has 1 atom stereocenters. The van der Waals surface area contributed by atoms with Crippen molar-refractivity contribution in [2.45, 2.75) is 16.8 Å². The Kier molecular flexibility index (Phi) is 4.88. The van der Waals surface area contributed by atoms with Crippen molar-refractivity contribution in [2.75, 3.05) is 23.1 Å². The molecule has 0 aliphatic carbocycles. The zero-order valence-electron chi connectivity index (χ0n) is 6.57. The van der Waals surface area contributed by atoms with Gasteiger partial charge in [-0.15, -0.1) is 0 Å². The molecule has 1 aliphatic rings. The van der Waals surface area contributed by atoms with Crippen LogP contribution in [0.1, 0.15) is 12.8 Å². The predicted molar refractivity (Wildman–Crippen MR) is 49.7 cm³/mol. The molecule has 0 saturated carbocycles. The Morgan fingerprint density at radius 2 is 2.50 bits per heavy atom. The van der Waals surface area contributed by atoms with Crippen molar-refractivity contribution in [3.63, 3.8) is 0 Å². The monoisotopic (exact) mass is 369 g/mol. The van der Waals surface area contributed by atoms with E-state index in [9.17, 15) is 0 Å². The number of alkyl halides is 3. The van der Waals surface area contributed by atoms with Gasteiger partial charge in [0, 0.05) is 0 Å². The molecular weight excluding hydrogens is 354 g/mol. The van der Waals surface area contributed by atoms with Crippen LogP contribution in [0.2, 0.25) is 0 Å². The second kappa shape index (κ2) is 5.13. The van der Waals surface area contributed by atoms with Crippen molar-refractivity contribution in [1.29, 1.82) is 0 Å². The third-order valence-corrected chi connectivity index (χ3v) is 18.8. The maximum absolute atomic E-state index is 5.18. The van der Waals surface area contributed by atoms with Crippen LogP contribution >= 0.6 is 15.8 Å². The van der Waals surface area contributed by atoms with Gasteiger partial charge >= 0.3 is 77.7 Å². The van der Waals surface area contributed by atoms with Gasteiger partial charge in [0.25, 0.3) is 0 Å². The quantitative estimate of drug-likeness (QED) is 0.446. The van der Waals surface area contributed by atoms with Crippen LogP contribution in [0.3, 0.4) is 0 Å². The van der Waals surface area contributed by atoms with Gasteiger partial charge in [0.1, 0.15) is 0 Å². The third kappa shape index (κ3) is 3.21. The number of hydrogen-bond donors (Lipinski definition) is 0. The first-order valence-electron chi connectivity index (χ1n) is 3.52.